The van der Waals surface area contributed by atoms with Gasteiger partial charge in [-0.2, -0.15) is 0 Å². The second kappa shape index (κ2) is 12.0. The summed E-state index contributed by atoms with van der Waals surface area (Å²) in [5.41, 5.74) is 0.267. The van der Waals surface area contributed by atoms with Crippen molar-refractivity contribution in [1.82, 2.24) is 15.6 Å². The summed E-state index contributed by atoms with van der Waals surface area (Å²) in [6, 6.07) is 12.5. The van der Waals surface area contributed by atoms with Gasteiger partial charge in [0.05, 0.1) is 0 Å². The highest BCUT2D eigenvalue weighted by molar-refractivity contribution is 7.09. The topological polar surface area (TPSA) is 89.6 Å². The minimum atomic E-state index is -0.453. The van der Waals surface area contributed by atoms with Crippen molar-refractivity contribution in [2.24, 2.45) is 0 Å². The summed E-state index contributed by atoms with van der Waals surface area (Å²) in [6.45, 7) is -0.0646. The largest absolute Gasteiger partial charge is 0.484 e. The number of carbonyl (C=O) groups excluding carboxylic acids is 2. The number of aromatic nitrogens is 1. The van der Waals surface area contributed by atoms with Crippen LogP contribution < -0.4 is 20.1 Å². The van der Waals surface area contributed by atoms with E-state index in [0.717, 1.165) is 25.7 Å². The second-order valence-electron chi connectivity index (χ2n) is 8.13. The molecule has 3 aromatic rings. The first kappa shape index (κ1) is 24.9. The fourth-order valence-corrected chi connectivity index (χ4v) is 4.64. The number of benzene rings is 2. The molecule has 1 aliphatic rings. The molecule has 1 aromatic heterocycles. The molecule has 2 amide bonds. The standard InChI is InChI=1S/C25H25ClFN3O4S/c26-16-9-11-17(12-10-16)33-13-23(31)28-19-6-2-3-7-20(19)30-25(32)21-15-35-24(29-21)14-34-22-8-4-1-5-18(22)27/h1,4-5,8-12,15,19-20H,2-3,6-7,13-14H2,(H,28,31)(H,30,32). The molecule has 7 nitrogen and oxygen atoms in total. The van der Waals surface area contributed by atoms with Gasteiger partial charge in [-0.1, -0.05) is 36.6 Å². The van der Waals surface area contributed by atoms with Crippen LogP contribution in [0.3, 0.4) is 0 Å². The lowest BCUT2D eigenvalue weighted by molar-refractivity contribution is -0.124. The van der Waals surface area contributed by atoms with Crippen molar-refractivity contribution in [2.45, 2.75) is 44.4 Å². The number of para-hydroxylation sites is 1. The van der Waals surface area contributed by atoms with Crippen LogP contribution in [0.15, 0.2) is 53.9 Å². The number of hydrogen-bond donors (Lipinski definition) is 2. The zero-order valence-corrected chi connectivity index (χ0v) is 20.4. The van der Waals surface area contributed by atoms with Crippen molar-refractivity contribution in [1.29, 1.82) is 0 Å². The predicted molar refractivity (Wildman–Crippen MR) is 131 cm³/mol. The summed E-state index contributed by atoms with van der Waals surface area (Å²) in [6.07, 6.45) is 3.43. The van der Waals surface area contributed by atoms with E-state index in [1.54, 1.807) is 41.8 Å². The highest BCUT2D eigenvalue weighted by Crippen LogP contribution is 2.21. The SMILES string of the molecule is O=C(COc1ccc(Cl)cc1)NC1CCCCC1NC(=O)c1csc(COc2ccccc2F)n1. The van der Waals surface area contributed by atoms with Crippen LogP contribution in [0.25, 0.3) is 0 Å². The van der Waals surface area contributed by atoms with Gasteiger partial charge in [-0.25, -0.2) is 9.37 Å². The molecule has 1 fully saturated rings. The van der Waals surface area contributed by atoms with Gasteiger partial charge in [0.2, 0.25) is 0 Å². The van der Waals surface area contributed by atoms with Crippen LogP contribution in [0.5, 0.6) is 11.5 Å². The zero-order valence-electron chi connectivity index (χ0n) is 18.8. The molecule has 0 saturated heterocycles. The van der Waals surface area contributed by atoms with Crippen LogP contribution >= 0.6 is 22.9 Å². The first-order valence-corrected chi connectivity index (χ1v) is 12.5. The van der Waals surface area contributed by atoms with Crippen LogP contribution in [0.4, 0.5) is 4.39 Å². The van der Waals surface area contributed by atoms with E-state index in [4.69, 9.17) is 21.1 Å². The van der Waals surface area contributed by atoms with Gasteiger partial charge in [0.1, 0.15) is 23.1 Å². The Kier molecular flexibility index (Phi) is 8.54. The Labute approximate surface area is 211 Å². The molecule has 0 radical (unpaired) electrons. The smallest absolute Gasteiger partial charge is 0.271 e. The highest BCUT2D eigenvalue weighted by Gasteiger charge is 2.28. The van der Waals surface area contributed by atoms with Crippen LogP contribution in [-0.2, 0) is 11.4 Å². The van der Waals surface area contributed by atoms with Crippen LogP contribution in [0, 0.1) is 5.82 Å². The molecule has 35 heavy (non-hydrogen) atoms. The van der Waals surface area contributed by atoms with Gasteiger partial charge in [0.25, 0.3) is 11.8 Å². The number of nitrogens with one attached hydrogen (secondary N) is 2. The first-order chi connectivity index (χ1) is 17.0. The maximum atomic E-state index is 13.7. The number of ether oxygens (including phenoxy) is 2. The Bertz CT molecular complexity index is 1160. The first-order valence-electron chi connectivity index (χ1n) is 11.3. The van der Waals surface area contributed by atoms with Gasteiger partial charge in [-0.15, -0.1) is 11.3 Å². The Balaban J connectivity index is 1.28. The molecule has 0 aliphatic heterocycles. The molecule has 2 aromatic carbocycles. The zero-order chi connectivity index (χ0) is 24.6. The number of carbonyl (C=O) groups is 2. The van der Waals surface area contributed by atoms with E-state index in [2.05, 4.69) is 15.6 Å². The van der Waals surface area contributed by atoms with E-state index < -0.39 is 5.82 Å². The van der Waals surface area contributed by atoms with E-state index in [1.165, 1.54) is 23.5 Å². The maximum absolute atomic E-state index is 13.7. The molecule has 1 aliphatic carbocycles. The maximum Gasteiger partial charge on any atom is 0.271 e. The number of halogens is 2. The average molecular weight is 518 g/mol. The predicted octanol–water partition coefficient (Wildman–Crippen LogP) is 4.75. The van der Waals surface area contributed by atoms with Crippen molar-refractivity contribution >= 4 is 34.8 Å². The molecular weight excluding hydrogens is 493 g/mol. The van der Waals surface area contributed by atoms with E-state index >= 15 is 0 Å². The van der Waals surface area contributed by atoms with Gasteiger partial charge in [0, 0.05) is 22.5 Å². The van der Waals surface area contributed by atoms with Gasteiger partial charge in [-0.3, -0.25) is 9.59 Å². The third-order valence-electron chi connectivity index (χ3n) is 5.58. The molecule has 2 N–H and O–H groups in total. The van der Waals surface area contributed by atoms with E-state index in [9.17, 15) is 14.0 Å². The lowest BCUT2D eigenvalue weighted by Crippen LogP contribution is -2.54. The van der Waals surface area contributed by atoms with Crippen LogP contribution in [0.1, 0.15) is 41.2 Å². The van der Waals surface area contributed by atoms with Gasteiger partial charge >= 0.3 is 0 Å². The summed E-state index contributed by atoms with van der Waals surface area (Å²) in [7, 11) is 0. The monoisotopic (exact) mass is 517 g/mol. The number of rotatable bonds is 9. The lowest BCUT2D eigenvalue weighted by atomic mass is 9.90. The number of nitrogens with zero attached hydrogens (tertiary/aromatic N) is 1. The summed E-state index contributed by atoms with van der Waals surface area (Å²) in [5, 5.41) is 8.78. The number of hydrogen-bond acceptors (Lipinski definition) is 6. The third kappa shape index (κ3) is 7.16. The van der Waals surface area contributed by atoms with Crippen molar-refractivity contribution in [3.8, 4) is 11.5 Å². The van der Waals surface area contributed by atoms with E-state index in [0.29, 0.717) is 15.8 Å². The molecule has 0 spiro atoms. The average Bonchev–Trinajstić information content (AvgIpc) is 3.34. The molecular formula is C25H25ClFN3O4S. The molecule has 2 unspecified atom stereocenters. The molecule has 1 saturated carbocycles. The van der Waals surface area contributed by atoms with Crippen molar-refractivity contribution in [3.05, 3.63) is 75.5 Å². The Morgan fingerprint density at radius 2 is 1.74 bits per heavy atom. The summed E-state index contributed by atoms with van der Waals surface area (Å²) in [5.74, 6) is -0.342. The number of thiazole rings is 1. The minimum absolute atomic E-state index is 0.0641. The molecule has 4 rings (SSSR count). The Morgan fingerprint density at radius 1 is 1.03 bits per heavy atom. The molecule has 2 atom stereocenters. The van der Waals surface area contributed by atoms with Crippen LogP contribution in [-0.4, -0.2) is 35.5 Å². The van der Waals surface area contributed by atoms with Crippen molar-refractivity contribution in [3.63, 3.8) is 0 Å². The molecule has 184 valence electrons. The normalized spacial score (nSPS) is 17.4. The summed E-state index contributed by atoms with van der Waals surface area (Å²) < 4.78 is 24.7. The van der Waals surface area contributed by atoms with Gasteiger partial charge in [0.15, 0.2) is 18.2 Å². The quantitative estimate of drug-likeness (QED) is 0.427. The lowest BCUT2D eigenvalue weighted by Gasteiger charge is -2.32. The highest BCUT2D eigenvalue weighted by atomic mass is 35.5. The molecule has 10 heteroatoms. The van der Waals surface area contributed by atoms with Gasteiger partial charge in [-0.05, 0) is 49.2 Å². The molecule has 1 heterocycles. The van der Waals surface area contributed by atoms with Crippen molar-refractivity contribution < 1.29 is 23.5 Å². The third-order valence-corrected chi connectivity index (χ3v) is 6.66. The Hall–Kier alpha value is -3.17. The molecule has 0 bridgehead atoms. The van der Waals surface area contributed by atoms with E-state index in [1.807, 2.05) is 0 Å². The number of amides is 2. The summed E-state index contributed by atoms with van der Waals surface area (Å²) >= 11 is 7.13. The van der Waals surface area contributed by atoms with Gasteiger partial charge < -0.3 is 20.1 Å². The minimum Gasteiger partial charge on any atom is -0.484 e. The second-order valence-corrected chi connectivity index (χ2v) is 9.51. The fourth-order valence-electron chi connectivity index (χ4n) is 3.83. The Morgan fingerprint density at radius 3 is 2.49 bits per heavy atom. The van der Waals surface area contributed by atoms with Crippen molar-refractivity contribution in [2.75, 3.05) is 6.61 Å². The summed E-state index contributed by atoms with van der Waals surface area (Å²) in [4.78, 5) is 29.6. The van der Waals surface area contributed by atoms with Crippen LogP contribution in [0.2, 0.25) is 5.02 Å². The van der Waals surface area contributed by atoms with E-state index in [-0.39, 0.29) is 48.6 Å². The fraction of sp³-hybridized carbons (Fsp3) is 0.320.